The van der Waals surface area contributed by atoms with Gasteiger partial charge in [-0.2, -0.15) is 0 Å². The maximum Gasteiger partial charge on any atom is 0.258 e. The van der Waals surface area contributed by atoms with Crippen LogP contribution in [0.25, 0.3) is 0 Å². The van der Waals surface area contributed by atoms with Crippen molar-refractivity contribution in [2.45, 2.75) is 52.0 Å². The van der Waals surface area contributed by atoms with Gasteiger partial charge in [-0.3, -0.25) is 0 Å². The van der Waals surface area contributed by atoms with Gasteiger partial charge in [0.15, 0.2) is 0 Å². The molecule has 1 nitrogen and oxygen atoms in total. The van der Waals surface area contributed by atoms with E-state index in [0.29, 0.717) is 0 Å². The lowest BCUT2D eigenvalue weighted by atomic mass is 10.2. The molecule has 0 spiro atoms. The van der Waals surface area contributed by atoms with Crippen molar-refractivity contribution in [3.05, 3.63) is 60.7 Å². The third-order valence-corrected chi connectivity index (χ3v) is 8.65. The van der Waals surface area contributed by atoms with E-state index in [4.69, 9.17) is 6.42 Å². The Bertz CT molecular complexity index is 581. The van der Waals surface area contributed by atoms with Crippen LogP contribution < -0.4 is 10.4 Å². The smallest absolute Gasteiger partial charge is 0.258 e. The minimum atomic E-state index is -2.70. The zero-order valence-electron chi connectivity index (χ0n) is 15.4. The summed E-state index contributed by atoms with van der Waals surface area (Å²) in [7, 11) is -2.70. The van der Waals surface area contributed by atoms with Gasteiger partial charge in [-0.15, -0.1) is 12.3 Å². The third kappa shape index (κ3) is 5.09. The molecule has 0 atom stereocenters. The Balaban J connectivity index is 0.000000413. The summed E-state index contributed by atoms with van der Waals surface area (Å²) >= 11 is 0. The second-order valence-electron chi connectivity index (χ2n) is 7.00. The molecule has 0 radical (unpaired) electrons. The summed E-state index contributed by atoms with van der Waals surface area (Å²) in [5, 5.41) is 2.00. The van der Waals surface area contributed by atoms with Crippen LogP contribution in [0.15, 0.2) is 60.7 Å². The van der Waals surface area contributed by atoms with Gasteiger partial charge in [-0.25, -0.2) is 0 Å². The summed E-state index contributed by atoms with van der Waals surface area (Å²) in [6, 6.07) is 20.2. The summed E-state index contributed by atoms with van der Waals surface area (Å²) < 4.78 is 0. The van der Waals surface area contributed by atoms with Crippen molar-refractivity contribution < 1.29 is 4.80 Å². The first kappa shape index (κ1) is 20.2. The molecule has 1 N–H and O–H groups in total. The highest BCUT2D eigenvalue weighted by Crippen LogP contribution is 2.33. The molecule has 0 aliphatic heterocycles. The second-order valence-corrected chi connectivity index (χ2v) is 11.1. The van der Waals surface area contributed by atoms with Crippen molar-refractivity contribution in [3.63, 3.8) is 0 Å². The molecule has 128 valence electrons. The van der Waals surface area contributed by atoms with Gasteiger partial charge in [-0.1, -0.05) is 94.8 Å². The molecule has 0 saturated heterocycles. The van der Waals surface area contributed by atoms with Gasteiger partial charge < -0.3 is 4.80 Å². The normalized spacial score (nSPS) is 11.2. The van der Waals surface area contributed by atoms with Gasteiger partial charge in [-0.05, 0) is 21.8 Å². The first-order valence-electron chi connectivity index (χ1n) is 8.64. The molecular formula is C22H30OSi. The molecule has 24 heavy (non-hydrogen) atoms. The van der Waals surface area contributed by atoms with E-state index >= 15 is 0 Å². The van der Waals surface area contributed by atoms with Crippen LogP contribution in [0.3, 0.4) is 0 Å². The molecule has 0 aliphatic rings. The van der Waals surface area contributed by atoms with E-state index in [9.17, 15) is 4.80 Å². The highest BCUT2D eigenvalue weighted by Gasteiger charge is 2.46. The van der Waals surface area contributed by atoms with Crippen LogP contribution in [-0.2, 0) is 0 Å². The molecule has 0 saturated carbocycles. The molecule has 0 unspecified atom stereocenters. The first-order valence-corrected chi connectivity index (χ1v) is 10.6. The van der Waals surface area contributed by atoms with Crippen LogP contribution in [0, 0.1) is 12.3 Å². The molecule has 2 aromatic carbocycles. The highest BCUT2D eigenvalue weighted by molar-refractivity contribution is 6.98. The fourth-order valence-corrected chi connectivity index (χ4v) is 6.09. The Morgan fingerprint density at radius 2 is 1.33 bits per heavy atom. The summed E-state index contributed by atoms with van der Waals surface area (Å²) in [4.78, 5) is 11.4. The van der Waals surface area contributed by atoms with Crippen molar-refractivity contribution in [3.8, 4) is 12.3 Å². The van der Waals surface area contributed by atoms with Crippen molar-refractivity contribution in [2.75, 3.05) is 0 Å². The van der Waals surface area contributed by atoms with Crippen molar-refractivity contribution in [1.82, 2.24) is 0 Å². The molecule has 0 fully saturated rings. The zero-order chi connectivity index (χ0) is 18.1. The number of terminal acetylenes is 1. The SMILES string of the molecule is C#CCCCC.CC(C)(C)[Si](O)(c1ccccc1)c1ccccc1. The summed E-state index contributed by atoms with van der Waals surface area (Å²) in [6.45, 7) is 8.51. The van der Waals surface area contributed by atoms with Crippen LogP contribution in [0.1, 0.15) is 47.0 Å². The van der Waals surface area contributed by atoms with E-state index < -0.39 is 8.32 Å². The van der Waals surface area contributed by atoms with Crippen LogP contribution in [0.5, 0.6) is 0 Å². The quantitative estimate of drug-likeness (QED) is 0.499. The Kier molecular flexibility index (Phi) is 7.98. The predicted octanol–water partition coefficient (Wildman–Crippen LogP) is 4.35. The van der Waals surface area contributed by atoms with E-state index in [1.165, 1.54) is 12.8 Å². The molecule has 2 rings (SSSR count). The largest absolute Gasteiger partial charge is 0.424 e. The highest BCUT2D eigenvalue weighted by atomic mass is 28.4. The predicted molar refractivity (Wildman–Crippen MR) is 108 cm³/mol. The Hall–Kier alpha value is -1.82. The first-order chi connectivity index (χ1) is 11.4. The van der Waals surface area contributed by atoms with E-state index in [-0.39, 0.29) is 5.04 Å². The summed E-state index contributed by atoms with van der Waals surface area (Å²) in [5.41, 5.74) is 0. The Morgan fingerprint density at radius 1 is 0.917 bits per heavy atom. The maximum absolute atomic E-state index is 11.4. The standard InChI is InChI=1S/C16H20OSi.C6H10/c1-16(2,3)18(17,14-10-6-4-7-11-14)15-12-8-5-9-13-15;1-3-5-6-4-2/h4-13,17H,1-3H3;1H,4-6H2,2H3. The van der Waals surface area contributed by atoms with Crippen molar-refractivity contribution in [1.29, 1.82) is 0 Å². The fourth-order valence-electron chi connectivity index (χ4n) is 2.67. The van der Waals surface area contributed by atoms with Gasteiger partial charge in [0.05, 0.1) is 0 Å². The monoisotopic (exact) mass is 338 g/mol. The lowest BCUT2D eigenvalue weighted by Crippen LogP contribution is -2.64. The minimum Gasteiger partial charge on any atom is -0.424 e. The van der Waals surface area contributed by atoms with E-state index in [2.05, 4.69) is 33.6 Å². The van der Waals surface area contributed by atoms with E-state index in [1.54, 1.807) is 0 Å². The molecule has 0 aliphatic carbocycles. The van der Waals surface area contributed by atoms with E-state index in [1.807, 2.05) is 60.7 Å². The number of benzene rings is 2. The molecule has 0 amide bonds. The van der Waals surface area contributed by atoms with Gasteiger partial charge in [0.2, 0.25) is 0 Å². The fraction of sp³-hybridized carbons (Fsp3) is 0.364. The van der Waals surface area contributed by atoms with Gasteiger partial charge >= 0.3 is 0 Å². The van der Waals surface area contributed by atoms with Gasteiger partial charge in [0.1, 0.15) is 0 Å². The van der Waals surface area contributed by atoms with Gasteiger partial charge in [0.25, 0.3) is 8.32 Å². The van der Waals surface area contributed by atoms with Crippen LogP contribution in [-0.4, -0.2) is 13.1 Å². The second kappa shape index (κ2) is 9.47. The van der Waals surface area contributed by atoms with Crippen LogP contribution in [0.4, 0.5) is 0 Å². The maximum atomic E-state index is 11.4. The number of hydrogen-bond donors (Lipinski definition) is 1. The lowest BCUT2D eigenvalue weighted by molar-refractivity contribution is 0.505. The zero-order valence-corrected chi connectivity index (χ0v) is 16.4. The van der Waals surface area contributed by atoms with Gasteiger partial charge in [0, 0.05) is 6.42 Å². The topological polar surface area (TPSA) is 20.2 Å². The average Bonchev–Trinajstić information content (AvgIpc) is 2.60. The molecule has 0 aromatic heterocycles. The minimum absolute atomic E-state index is 0.143. The number of hydrogen-bond acceptors (Lipinski definition) is 1. The summed E-state index contributed by atoms with van der Waals surface area (Å²) in [6.07, 6.45) is 8.30. The van der Waals surface area contributed by atoms with Crippen LogP contribution >= 0.6 is 0 Å². The van der Waals surface area contributed by atoms with E-state index in [0.717, 1.165) is 16.8 Å². The number of rotatable bonds is 4. The molecule has 0 bridgehead atoms. The molecule has 2 heteroatoms. The van der Waals surface area contributed by atoms with Crippen molar-refractivity contribution in [2.24, 2.45) is 0 Å². The third-order valence-electron chi connectivity index (χ3n) is 4.14. The lowest BCUT2D eigenvalue weighted by Gasteiger charge is -2.38. The average molecular weight is 339 g/mol. The van der Waals surface area contributed by atoms with Crippen molar-refractivity contribution >= 4 is 18.7 Å². The number of unbranched alkanes of at least 4 members (excludes halogenated alkanes) is 2. The summed E-state index contributed by atoms with van der Waals surface area (Å²) in [5.74, 6) is 2.57. The Morgan fingerprint density at radius 3 is 1.58 bits per heavy atom. The molecule has 2 aromatic rings. The Labute approximate surface area is 148 Å². The molecule has 0 heterocycles. The molecular weight excluding hydrogens is 308 g/mol. The van der Waals surface area contributed by atoms with Crippen LogP contribution in [0.2, 0.25) is 5.04 Å².